The Kier molecular flexibility index (Phi) is 4.20. The van der Waals surface area contributed by atoms with Crippen LogP contribution in [0.25, 0.3) is 5.52 Å². The highest BCUT2D eigenvalue weighted by Gasteiger charge is 2.14. The molecule has 0 saturated carbocycles. The molecule has 1 amide bonds. The summed E-state index contributed by atoms with van der Waals surface area (Å²) >= 11 is 0. The Balaban J connectivity index is 1.77. The lowest BCUT2D eigenvalue weighted by Crippen LogP contribution is -2.31. The summed E-state index contributed by atoms with van der Waals surface area (Å²) in [4.78, 5) is 18.6. The number of likely N-dealkylation sites (N-methyl/N-ethyl adjacent to an activating group) is 1. The van der Waals surface area contributed by atoms with E-state index in [1.165, 1.54) is 0 Å². The van der Waals surface area contributed by atoms with E-state index >= 15 is 0 Å². The van der Waals surface area contributed by atoms with Gasteiger partial charge in [-0.05, 0) is 44.0 Å². The molecule has 6 heteroatoms. The number of fused-ring (bicyclic) bond motifs is 1. The van der Waals surface area contributed by atoms with Gasteiger partial charge in [0.15, 0.2) is 5.82 Å². The maximum Gasteiger partial charge on any atom is 0.243 e. The van der Waals surface area contributed by atoms with Gasteiger partial charge in [-0.15, -0.1) is 0 Å². The van der Waals surface area contributed by atoms with Crippen LogP contribution in [0.3, 0.4) is 0 Å². The zero-order valence-corrected chi connectivity index (χ0v) is 14.4. The summed E-state index contributed by atoms with van der Waals surface area (Å²) in [6.07, 6.45) is 3.49. The molecule has 6 nitrogen and oxygen atoms in total. The summed E-state index contributed by atoms with van der Waals surface area (Å²) in [7, 11) is 1.85. The minimum Gasteiger partial charge on any atom is -0.349 e. The molecule has 1 N–H and O–H groups in total. The van der Waals surface area contributed by atoms with Crippen LogP contribution < -0.4 is 10.2 Å². The third-order valence-electron chi connectivity index (χ3n) is 4.11. The van der Waals surface area contributed by atoms with E-state index in [2.05, 4.69) is 15.4 Å². The van der Waals surface area contributed by atoms with Gasteiger partial charge >= 0.3 is 0 Å². The van der Waals surface area contributed by atoms with Gasteiger partial charge in [-0.25, -0.2) is 9.50 Å². The second-order valence-electron chi connectivity index (χ2n) is 6.02. The van der Waals surface area contributed by atoms with Crippen molar-refractivity contribution in [3.05, 3.63) is 53.5 Å². The summed E-state index contributed by atoms with van der Waals surface area (Å²) in [5, 5.41) is 7.35. The molecule has 0 aliphatic rings. The van der Waals surface area contributed by atoms with Gasteiger partial charge in [-0.3, -0.25) is 4.79 Å². The van der Waals surface area contributed by atoms with Gasteiger partial charge in [0.2, 0.25) is 5.91 Å². The van der Waals surface area contributed by atoms with E-state index in [0.717, 1.165) is 33.8 Å². The molecular formula is C18H21N5O. The van der Waals surface area contributed by atoms with Gasteiger partial charge in [-0.2, -0.15) is 5.10 Å². The highest BCUT2D eigenvalue weighted by atomic mass is 16.2. The number of hydrogen-bond acceptors (Lipinski definition) is 4. The van der Waals surface area contributed by atoms with Gasteiger partial charge in [0.25, 0.3) is 0 Å². The molecule has 2 aromatic heterocycles. The topological polar surface area (TPSA) is 62.5 Å². The molecule has 0 atom stereocenters. The Bertz CT molecular complexity index is 900. The number of carbonyl (C=O) groups excluding carboxylic acids is 1. The summed E-state index contributed by atoms with van der Waals surface area (Å²) in [6, 6.07) is 7.85. The highest BCUT2D eigenvalue weighted by Crippen LogP contribution is 2.20. The first-order valence-corrected chi connectivity index (χ1v) is 7.84. The summed E-state index contributed by atoms with van der Waals surface area (Å²) in [5.41, 5.74) is 4.89. The number of aryl methyl sites for hydroxylation is 2. The van der Waals surface area contributed by atoms with Crippen LogP contribution in [-0.4, -0.2) is 34.1 Å². The minimum absolute atomic E-state index is 0.0776. The van der Waals surface area contributed by atoms with E-state index < -0.39 is 0 Å². The molecule has 124 valence electrons. The molecule has 3 rings (SSSR count). The Morgan fingerprint density at radius 3 is 2.88 bits per heavy atom. The molecule has 0 unspecified atom stereocenters. The quantitative estimate of drug-likeness (QED) is 0.802. The number of aromatic nitrogens is 3. The first-order valence-electron chi connectivity index (χ1n) is 7.84. The zero-order chi connectivity index (χ0) is 17.3. The predicted octanol–water partition coefficient (Wildman–Crippen LogP) is 2.73. The minimum atomic E-state index is -0.0776. The predicted molar refractivity (Wildman–Crippen MR) is 95.5 cm³/mol. The van der Waals surface area contributed by atoms with Crippen LogP contribution in [0.4, 0.5) is 11.5 Å². The maximum absolute atomic E-state index is 12.4. The standard InChI is InChI=1S/C18H21N5O/c1-12-6-5-7-15(14(12)3)20-17(24)11-22(4)18-16-10-13(2)21-23(16)9-8-19-18/h5-10H,11H2,1-4H3,(H,20,24). The van der Waals surface area contributed by atoms with Gasteiger partial charge in [0.05, 0.1) is 12.2 Å². The zero-order valence-electron chi connectivity index (χ0n) is 14.4. The molecule has 1 aromatic carbocycles. The molecule has 0 saturated heterocycles. The molecule has 0 spiro atoms. The number of anilines is 2. The SMILES string of the molecule is Cc1cc2c(N(C)CC(=O)Nc3cccc(C)c3C)nccn2n1. The van der Waals surface area contributed by atoms with E-state index in [1.807, 2.05) is 57.0 Å². The first kappa shape index (κ1) is 16.0. The molecule has 0 radical (unpaired) electrons. The van der Waals surface area contributed by atoms with Crippen molar-refractivity contribution in [3.63, 3.8) is 0 Å². The summed E-state index contributed by atoms with van der Waals surface area (Å²) in [5.74, 6) is 0.653. The lowest BCUT2D eigenvalue weighted by molar-refractivity contribution is -0.114. The number of nitrogens with one attached hydrogen (secondary N) is 1. The van der Waals surface area contributed by atoms with E-state index in [4.69, 9.17) is 0 Å². The van der Waals surface area contributed by atoms with Crippen molar-refractivity contribution >= 4 is 22.9 Å². The van der Waals surface area contributed by atoms with Gasteiger partial charge in [-0.1, -0.05) is 12.1 Å². The van der Waals surface area contributed by atoms with Crippen molar-refractivity contribution in [2.45, 2.75) is 20.8 Å². The van der Waals surface area contributed by atoms with Gasteiger partial charge in [0, 0.05) is 25.1 Å². The van der Waals surface area contributed by atoms with Crippen molar-refractivity contribution in [1.29, 1.82) is 0 Å². The number of rotatable bonds is 4. The van der Waals surface area contributed by atoms with Crippen molar-refractivity contribution in [1.82, 2.24) is 14.6 Å². The highest BCUT2D eigenvalue weighted by molar-refractivity contribution is 5.95. The average Bonchev–Trinajstić information content (AvgIpc) is 2.91. The van der Waals surface area contributed by atoms with Crippen LogP contribution in [-0.2, 0) is 4.79 Å². The second kappa shape index (κ2) is 6.31. The van der Waals surface area contributed by atoms with Crippen molar-refractivity contribution in [3.8, 4) is 0 Å². The molecule has 24 heavy (non-hydrogen) atoms. The normalized spacial score (nSPS) is 10.8. The van der Waals surface area contributed by atoms with Crippen LogP contribution >= 0.6 is 0 Å². The molecule has 3 aromatic rings. The number of benzene rings is 1. The third-order valence-corrected chi connectivity index (χ3v) is 4.11. The first-order chi connectivity index (χ1) is 11.5. The Morgan fingerprint density at radius 1 is 1.29 bits per heavy atom. The summed E-state index contributed by atoms with van der Waals surface area (Å²) < 4.78 is 1.77. The van der Waals surface area contributed by atoms with Crippen molar-refractivity contribution < 1.29 is 4.79 Å². The molecule has 0 aliphatic carbocycles. The number of nitrogens with zero attached hydrogens (tertiary/aromatic N) is 4. The average molecular weight is 323 g/mol. The number of amides is 1. The molecule has 2 heterocycles. The largest absolute Gasteiger partial charge is 0.349 e. The fraction of sp³-hybridized carbons (Fsp3) is 0.278. The lowest BCUT2D eigenvalue weighted by Gasteiger charge is -2.19. The Morgan fingerprint density at radius 2 is 2.08 bits per heavy atom. The molecule has 0 aliphatic heterocycles. The van der Waals surface area contributed by atoms with Crippen LogP contribution in [0.2, 0.25) is 0 Å². The second-order valence-corrected chi connectivity index (χ2v) is 6.02. The van der Waals surface area contributed by atoms with E-state index in [0.29, 0.717) is 0 Å². The fourth-order valence-electron chi connectivity index (χ4n) is 2.69. The third kappa shape index (κ3) is 3.08. The van der Waals surface area contributed by atoms with Crippen LogP contribution in [0, 0.1) is 20.8 Å². The summed E-state index contributed by atoms with van der Waals surface area (Å²) in [6.45, 7) is 6.18. The fourth-order valence-corrected chi connectivity index (χ4v) is 2.69. The Hall–Kier alpha value is -2.89. The van der Waals surface area contributed by atoms with Crippen molar-refractivity contribution in [2.24, 2.45) is 0 Å². The van der Waals surface area contributed by atoms with E-state index in [1.54, 1.807) is 16.9 Å². The molecule has 0 bridgehead atoms. The maximum atomic E-state index is 12.4. The molecular weight excluding hydrogens is 302 g/mol. The van der Waals surface area contributed by atoms with E-state index in [9.17, 15) is 4.79 Å². The molecule has 0 fully saturated rings. The lowest BCUT2D eigenvalue weighted by atomic mass is 10.1. The Labute approximate surface area is 141 Å². The monoisotopic (exact) mass is 323 g/mol. The van der Waals surface area contributed by atoms with E-state index in [-0.39, 0.29) is 12.5 Å². The van der Waals surface area contributed by atoms with Crippen LogP contribution in [0.15, 0.2) is 36.7 Å². The van der Waals surface area contributed by atoms with Gasteiger partial charge < -0.3 is 10.2 Å². The number of carbonyl (C=O) groups is 1. The smallest absolute Gasteiger partial charge is 0.243 e. The van der Waals surface area contributed by atoms with Crippen LogP contribution in [0.5, 0.6) is 0 Å². The van der Waals surface area contributed by atoms with Crippen molar-refractivity contribution in [2.75, 3.05) is 23.8 Å². The van der Waals surface area contributed by atoms with Gasteiger partial charge in [0.1, 0.15) is 5.52 Å². The van der Waals surface area contributed by atoms with Crippen LogP contribution in [0.1, 0.15) is 16.8 Å². The number of hydrogen-bond donors (Lipinski definition) is 1.